The minimum atomic E-state index is -0.0801. The second kappa shape index (κ2) is 9.45. The third-order valence-electron chi connectivity index (χ3n) is 13.1. The Bertz CT molecular complexity index is 1010. The van der Waals surface area contributed by atoms with Crippen molar-refractivity contribution in [3.63, 3.8) is 0 Å². The van der Waals surface area contributed by atoms with Crippen LogP contribution in [0.5, 0.6) is 5.75 Å². The Hall–Kier alpha value is -1.17. The van der Waals surface area contributed by atoms with Crippen LogP contribution < -0.4 is 4.74 Å². The molecule has 5 nitrogen and oxygen atoms in total. The van der Waals surface area contributed by atoms with Gasteiger partial charge in [-0.25, -0.2) is 0 Å². The first-order valence-electron chi connectivity index (χ1n) is 15.8. The molecule has 1 aromatic rings. The Morgan fingerprint density at radius 3 is 2.68 bits per heavy atom. The molecule has 210 valence electrons. The van der Waals surface area contributed by atoms with Gasteiger partial charge in [0.1, 0.15) is 5.75 Å². The van der Waals surface area contributed by atoms with E-state index in [1.165, 1.54) is 57.8 Å². The summed E-state index contributed by atoms with van der Waals surface area (Å²) in [6.07, 6.45) is 16.8. The normalized spacial score (nSPS) is 47.9. The van der Waals surface area contributed by atoms with E-state index in [4.69, 9.17) is 18.9 Å². The minimum Gasteiger partial charge on any atom is -0.489 e. The van der Waals surface area contributed by atoms with Crippen LogP contribution in [0, 0.1) is 45.8 Å². The summed E-state index contributed by atoms with van der Waals surface area (Å²) < 4.78 is 24.5. The predicted octanol–water partition coefficient (Wildman–Crippen LogP) is 7.18. The molecule has 6 fully saturated rings. The third-order valence-corrected chi connectivity index (χ3v) is 13.1. The monoisotopic (exact) mass is 523 g/mol. The topological polar surface area (TPSA) is 49.8 Å². The molecule has 0 amide bonds. The van der Waals surface area contributed by atoms with E-state index in [9.17, 15) is 0 Å². The average Bonchev–Trinajstić information content (AvgIpc) is 3.44. The number of pyridine rings is 1. The van der Waals surface area contributed by atoms with Gasteiger partial charge >= 0.3 is 0 Å². The molecule has 5 saturated carbocycles. The van der Waals surface area contributed by atoms with Crippen LogP contribution in [0.4, 0.5) is 0 Å². The van der Waals surface area contributed by atoms with Gasteiger partial charge < -0.3 is 18.9 Å². The Labute approximate surface area is 229 Å². The van der Waals surface area contributed by atoms with Gasteiger partial charge in [-0.1, -0.05) is 13.8 Å². The van der Waals surface area contributed by atoms with E-state index in [0.717, 1.165) is 54.6 Å². The van der Waals surface area contributed by atoms with Gasteiger partial charge in [-0.3, -0.25) is 4.98 Å². The lowest BCUT2D eigenvalue weighted by Gasteiger charge is -2.61. The van der Waals surface area contributed by atoms with E-state index in [1.807, 2.05) is 19.4 Å². The molecule has 1 aromatic heterocycles. The Morgan fingerprint density at radius 2 is 1.95 bits per heavy atom. The summed E-state index contributed by atoms with van der Waals surface area (Å²) in [4.78, 5) is 4.64. The molecular weight excluding hydrogens is 474 g/mol. The van der Waals surface area contributed by atoms with Crippen molar-refractivity contribution < 1.29 is 18.9 Å². The van der Waals surface area contributed by atoms with Crippen LogP contribution >= 0.6 is 0 Å². The number of aromatic nitrogens is 1. The van der Waals surface area contributed by atoms with E-state index in [1.54, 1.807) is 0 Å². The fraction of sp³-hybridized carbons (Fsp3) is 0.848. The van der Waals surface area contributed by atoms with Crippen LogP contribution in [0.1, 0.15) is 97.1 Å². The summed E-state index contributed by atoms with van der Waals surface area (Å²) in [6, 6.07) is 4.12. The second-order valence-corrected chi connectivity index (χ2v) is 14.4. The highest BCUT2D eigenvalue weighted by Crippen LogP contribution is 2.82. The lowest BCUT2D eigenvalue weighted by molar-refractivity contribution is -0.169. The van der Waals surface area contributed by atoms with E-state index in [-0.39, 0.29) is 12.4 Å². The zero-order valence-electron chi connectivity index (χ0n) is 24.1. The number of rotatable bonds is 7. The largest absolute Gasteiger partial charge is 0.489 e. The molecule has 1 saturated heterocycles. The fourth-order valence-corrected chi connectivity index (χ4v) is 11.3. The van der Waals surface area contributed by atoms with E-state index in [0.29, 0.717) is 34.9 Å². The van der Waals surface area contributed by atoms with E-state index in [2.05, 4.69) is 31.8 Å². The number of hydrogen-bond donors (Lipinski definition) is 0. The Morgan fingerprint density at radius 1 is 1.05 bits per heavy atom. The Balaban J connectivity index is 1.01. The van der Waals surface area contributed by atoms with E-state index < -0.39 is 0 Å². The smallest absolute Gasteiger partial charge is 0.158 e. The van der Waals surface area contributed by atoms with Crippen LogP contribution in [-0.2, 0) is 20.8 Å². The van der Waals surface area contributed by atoms with Crippen molar-refractivity contribution in [1.82, 2.24) is 4.98 Å². The first-order valence-corrected chi connectivity index (χ1v) is 15.8. The summed E-state index contributed by atoms with van der Waals surface area (Å²) in [5.41, 5.74) is 2.32. The molecule has 0 bridgehead atoms. The lowest BCUT2D eigenvalue weighted by Crippen LogP contribution is -2.57. The molecule has 0 aromatic carbocycles. The molecule has 5 aliphatic carbocycles. The first kappa shape index (κ1) is 25.8. The molecule has 7 rings (SSSR count). The predicted molar refractivity (Wildman–Crippen MR) is 147 cm³/mol. The maximum absolute atomic E-state index is 6.60. The summed E-state index contributed by atoms with van der Waals surface area (Å²) in [7, 11) is 2.00. The van der Waals surface area contributed by atoms with E-state index >= 15 is 0 Å². The third kappa shape index (κ3) is 3.77. The summed E-state index contributed by atoms with van der Waals surface area (Å²) in [5, 5.41) is 0. The van der Waals surface area contributed by atoms with Crippen molar-refractivity contribution in [2.24, 2.45) is 45.8 Å². The minimum absolute atomic E-state index is 0.0801. The molecular formula is C33H49NO4. The van der Waals surface area contributed by atoms with Crippen molar-refractivity contribution in [3.05, 3.63) is 24.0 Å². The van der Waals surface area contributed by atoms with Crippen LogP contribution in [0.15, 0.2) is 18.3 Å². The Kier molecular flexibility index (Phi) is 6.41. The number of fused-ring (bicyclic) bond motifs is 4. The number of methoxy groups -OCH3 is 1. The van der Waals surface area contributed by atoms with Gasteiger partial charge in [0.2, 0.25) is 0 Å². The molecule has 6 aliphatic rings. The van der Waals surface area contributed by atoms with Crippen LogP contribution in [0.3, 0.4) is 0 Å². The van der Waals surface area contributed by atoms with Crippen molar-refractivity contribution in [1.29, 1.82) is 0 Å². The lowest BCUT2D eigenvalue weighted by atomic mass is 9.45. The average molecular weight is 524 g/mol. The van der Waals surface area contributed by atoms with Crippen molar-refractivity contribution in [2.75, 3.05) is 13.7 Å². The molecule has 5 heteroatoms. The first-order chi connectivity index (χ1) is 18.4. The van der Waals surface area contributed by atoms with Crippen molar-refractivity contribution in [2.45, 2.75) is 117 Å². The number of hydrogen-bond acceptors (Lipinski definition) is 5. The van der Waals surface area contributed by atoms with Gasteiger partial charge in [0.05, 0.1) is 30.7 Å². The van der Waals surface area contributed by atoms with Gasteiger partial charge in [-0.05, 0) is 124 Å². The van der Waals surface area contributed by atoms with Crippen molar-refractivity contribution in [3.8, 4) is 5.75 Å². The van der Waals surface area contributed by atoms with Gasteiger partial charge in [-0.15, -0.1) is 0 Å². The number of ether oxygens (including phenoxy) is 4. The molecule has 1 aliphatic heterocycles. The van der Waals surface area contributed by atoms with Gasteiger partial charge in [-0.2, -0.15) is 0 Å². The fourth-order valence-electron chi connectivity index (χ4n) is 11.3. The van der Waals surface area contributed by atoms with Crippen LogP contribution in [0.2, 0.25) is 0 Å². The maximum Gasteiger partial charge on any atom is 0.158 e. The van der Waals surface area contributed by atoms with Gasteiger partial charge in [0.15, 0.2) is 6.29 Å². The summed E-state index contributed by atoms with van der Waals surface area (Å²) >= 11 is 0. The summed E-state index contributed by atoms with van der Waals surface area (Å²) in [6.45, 7) is 8.89. The molecule has 1 spiro atoms. The molecule has 11 atom stereocenters. The zero-order chi connectivity index (χ0) is 26.1. The quantitative estimate of drug-likeness (QED) is 0.379. The van der Waals surface area contributed by atoms with Crippen molar-refractivity contribution >= 4 is 0 Å². The van der Waals surface area contributed by atoms with Gasteiger partial charge in [0.25, 0.3) is 0 Å². The molecule has 3 unspecified atom stereocenters. The molecule has 0 radical (unpaired) electrons. The van der Waals surface area contributed by atoms with Gasteiger partial charge in [0, 0.05) is 25.0 Å². The SMILES string of the molecule is COC1C[C@H]2[C@@H]3CC[C@H](C(C)Oc4ccc(COC5CCCCO5)nc4)[C@@]3(C)CC[C@@H]2[C@@]2(C)CC[C@@H]3C[C@@]132. The standard InChI is InChI=1S/C33H49NO4/c1-21(38-24-9-8-23(34-19-24)20-37-30-7-5-6-16-36-30)26-10-11-27-25-17-29(35-4)33-18-22(33)12-15-32(33,3)28(25)13-14-31(26,27)2/h8-9,19,21-22,25-30H,5-7,10-18,20H2,1-4H3/t21?,22-,25+,26-,27+,28+,29?,30?,31-,32-,33+/m1/s1. The molecule has 2 heterocycles. The van der Waals surface area contributed by atoms with Crippen LogP contribution in [0.25, 0.3) is 0 Å². The zero-order valence-corrected chi connectivity index (χ0v) is 24.1. The highest BCUT2D eigenvalue weighted by atomic mass is 16.7. The number of nitrogens with zero attached hydrogens (tertiary/aromatic N) is 1. The highest BCUT2D eigenvalue weighted by Gasteiger charge is 2.77. The molecule has 0 N–H and O–H groups in total. The second-order valence-electron chi connectivity index (χ2n) is 14.4. The van der Waals surface area contributed by atoms with Crippen LogP contribution in [-0.4, -0.2) is 37.2 Å². The highest BCUT2D eigenvalue weighted by molar-refractivity contribution is 5.26. The maximum atomic E-state index is 6.60. The summed E-state index contributed by atoms with van der Waals surface area (Å²) in [5.74, 6) is 4.95. The molecule has 38 heavy (non-hydrogen) atoms.